The van der Waals surface area contributed by atoms with E-state index < -0.39 is 12.0 Å². The van der Waals surface area contributed by atoms with Crippen molar-refractivity contribution in [1.82, 2.24) is 4.57 Å². The summed E-state index contributed by atoms with van der Waals surface area (Å²) in [5.41, 5.74) is 6.99. The zero-order valence-corrected chi connectivity index (χ0v) is 10.5. The molecule has 0 saturated heterocycles. The summed E-state index contributed by atoms with van der Waals surface area (Å²) in [6.07, 6.45) is 1.99. The fourth-order valence-corrected chi connectivity index (χ4v) is 2.31. The van der Waals surface area contributed by atoms with Gasteiger partial charge in [0.25, 0.3) is 0 Å². The van der Waals surface area contributed by atoms with Crippen LogP contribution in [0.3, 0.4) is 0 Å². The summed E-state index contributed by atoms with van der Waals surface area (Å²) in [6.45, 7) is 0. The number of aliphatic carboxylic acids is 1. The number of aromatic nitrogens is 1. The molecular formula is C12H13ClN2O3. The molecule has 0 aliphatic heterocycles. The summed E-state index contributed by atoms with van der Waals surface area (Å²) in [5.74, 6) is -1.05. The number of rotatable bonds is 3. The van der Waals surface area contributed by atoms with Crippen LogP contribution in [-0.4, -0.2) is 26.8 Å². The Morgan fingerprint density at radius 3 is 2.83 bits per heavy atom. The maximum atomic E-state index is 10.8. The molecule has 1 atom stereocenters. The largest absolute Gasteiger partial charge is 0.506 e. The quantitative estimate of drug-likeness (QED) is 0.787. The highest BCUT2D eigenvalue weighted by atomic mass is 35.5. The minimum atomic E-state index is -1.04. The van der Waals surface area contributed by atoms with Crippen molar-refractivity contribution >= 4 is 28.5 Å². The van der Waals surface area contributed by atoms with E-state index in [4.69, 9.17) is 22.4 Å². The Kier molecular flexibility index (Phi) is 3.19. The summed E-state index contributed by atoms with van der Waals surface area (Å²) in [7, 11) is 1.78. The van der Waals surface area contributed by atoms with Crippen LogP contribution in [0.25, 0.3) is 10.9 Å². The second kappa shape index (κ2) is 4.51. The number of hydrogen-bond acceptors (Lipinski definition) is 3. The number of aryl methyl sites for hydroxylation is 1. The first-order chi connectivity index (χ1) is 8.41. The van der Waals surface area contributed by atoms with Crippen LogP contribution in [0.15, 0.2) is 18.3 Å². The molecule has 0 spiro atoms. The number of carboxylic acid groups (broad SMARTS) is 1. The smallest absolute Gasteiger partial charge is 0.320 e. The lowest BCUT2D eigenvalue weighted by Crippen LogP contribution is -2.32. The molecule has 1 aromatic carbocycles. The third-order valence-corrected chi connectivity index (χ3v) is 3.27. The van der Waals surface area contributed by atoms with Gasteiger partial charge >= 0.3 is 5.97 Å². The predicted octanol–water partition coefficient (Wildman–Crippen LogP) is 1.49. The van der Waals surface area contributed by atoms with E-state index in [1.54, 1.807) is 23.9 Å². The molecule has 2 rings (SSSR count). The average molecular weight is 269 g/mol. The van der Waals surface area contributed by atoms with Crippen molar-refractivity contribution in [3.05, 3.63) is 28.9 Å². The number of nitrogens with zero attached hydrogens (tertiary/aromatic N) is 1. The molecular weight excluding hydrogens is 256 g/mol. The van der Waals surface area contributed by atoms with Crippen LogP contribution in [0.2, 0.25) is 5.02 Å². The summed E-state index contributed by atoms with van der Waals surface area (Å²) >= 11 is 6.03. The first kappa shape index (κ1) is 12.7. The van der Waals surface area contributed by atoms with Crippen LogP contribution in [0.1, 0.15) is 5.56 Å². The molecule has 1 heterocycles. The van der Waals surface area contributed by atoms with Gasteiger partial charge in [0.1, 0.15) is 16.8 Å². The average Bonchev–Trinajstić information content (AvgIpc) is 2.61. The molecule has 4 N–H and O–H groups in total. The summed E-state index contributed by atoms with van der Waals surface area (Å²) in [5, 5.41) is 19.4. The molecule has 0 fully saturated rings. The molecule has 5 nitrogen and oxygen atoms in total. The van der Waals surface area contributed by atoms with Crippen molar-refractivity contribution in [2.24, 2.45) is 12.8 Å². The van der Waals surface area contributed by atoms with Gasteiger partial charge in [-0.05, 0) is 17.7 Å². The monoisotopic (exact) mass is 268 g/mol. The number of aromatic hydroxyl groups is 1. The molecule has 0 saturated carbocycles. The van der Waals surface area contributed by atoms with Crippen LogP contribution in [-0.2, 0) is 18.3 Å². The number of benzene rings is 1. The lowest BCUT2D eigenvalue weighted by molar-refractivity contribution is -0.138. The van der Waals surface area contributed by atoms with E-state index in [1.165, 1.54) is 6.07 Å². The highest BCUT2D eigenvalue weighted by molar-refractivity contribution is 6.36. The number of phenols is 1. The second-order valence-electron chi connectivity index (χ2n) is 4.21. The first-order valence-electron chi connectivity index (χ1n) is 5.35. The van der Waals surface area contributed by atoms with Crippen molar-refractivity contribution in [2.75, 3.05) is 0 Å². The molecule has 1 aromatic heterocycles. The van der Waals surface area contributed by atoms with Crippen molar-refractivity contribution in [3.63, 3.8) is 0 Å². The number of carboxylic acids is 1. The van der Waals surface area contributed by atoms with Gasteiger partial charge in [-0.3, -0.25) is 4.79 Å². The summed E-state index contributed by atoms with van der Waals surface area (Å²) < 4.78 is 1.75. The zero-order chi connectivity index (χ0) is 13.4. The SMILES string of the molecule is Cn1cc(C[C@H](N)C(=O)O)c2ccc(O)c(Cl)c21. The lowest BCUT2D eigenvalue weighted by Gasteiger charge is -2.05. The standard InChI is InChI=1S/C12H13ClN2O3/c1-15-5-6(4-8(14)12(17)18)7-2-3-9(16)10(13)11(7)15/h2-3,5,8,16H,4,14H2,1H3,(H,17,18)/t8-/m0/s1. The van der Waals surface area contributed by atoms with Gasteiger partial charge in [0, 0.05) is 25.1 Å². The maximum Gasteiger partial charge on any atom is 0.320 e. The Balaban J connectivity index is 2.54. The van der Waals surface area contributed by atoms with Gasteiger partial charge in [0.05, 0.1) is 5.52 Å². The van der Waals surface area contributed by atoms with Crippen LogP contribution in [0.5, 0.6) is 5.75 Å². The minimum Gasteiger partial charge on any atom is -0.506 e. The number of nitrogens with two attached hydrogens (primary N) is 1. The molecule has 0 amide bonds. The van der Waals surface area contributed by atoms with E-state index in [2.05, 4.69) is 0 Å². The Morgan fingerprint density at radius 2 is 2.22 bits per heavy atom. The van der Waals surface area contributed by atoms with Gasteiger partial charge in [-0.15, -0.1) is 0 Å². The van der Waals surface area contributed by atoms with Crippen molar-refractivity contribution < 1.29 is 15.0 Å². The van der Waals surface area contributed by atoms with Gasteiger partial charge < -0.3 is 20.5 Å². The fraction of sp³-hybridized carbons (Fsp3) is 0.250. The van der Waals surface area contributed by atoms with Crippen molar-refractivity contribution in [3.8, 4) is 5.75 Å². The van der Waals surface area contributed by atoms with E-state index in [-0.39, 0.29) is 17.2 Å². The topological polar surface area (TPSA) is 88.5 Å². The van der Waals surface area contributed by atoms with E-state index >= 15 is 0 Å². The molecule has 0 radical (unpaired) electrons. The number of phenolic OH excluding ortho intramolecular Hbond substituents is 1. The van der Waals surface area contributed by atoms with Crippen LogP contribution in [0.4, 0.5) is 0 Å². The van der Waals surface area contributed by atoms with Crippen LogP contribution < -0.4 is 5.73 Å². The zero-order valence-electron chi connectivity index (χ0n) is 9.72. The van der Waals surface area contributed by atoms with E-state index in [0.29, 0.717) is 5.52 Å². The Labute approximate surface area is 108 Å². The Morgan fingerprint density at radius 1 is 1.56 bits per heavy atom. The normalized spacial score (nSPS) is 12.8. The highest BCUT2D eigenvalue weighted by Gasteiger charge is 2.17. The summed E-state index contributed by atoms with van der Waals surface area (Å²) in [4.78, 5) is 10.8. The lowest BCUT2D eigenvalue weighted by atomic mass is 10.1. The molecule has 6 heteroatoms. The van der Waals surface area contributed by atoms with Crippen molar-refractivity contribution in [1.29, 1.82) is 0 Å². The van der Waals surface area contributed by atoms with Gasteiger partial charge in [0.15, 0.2) is 0 Å². The molecule has 0 bridgehead atoms. The van der Waals surface area contributed by atoms with E-state index in [9.17, 15) is 9.90 Å². The van der Waals surface area contributed by atoms with Crippen LogP contribution >= 0.6 is 11.6 Å². The second-order valence-corrected chi connectivity index (χ2v) is 4.59. The van der Waals surface area contributed by atoms with Gasteiger partial charge in [-0.2, -0.15) is 0 Å². The molecule has 18 heavy (non-hydrogen) atoms. The van der Waals surface area contributed by atoms with Gasteiger partial charge in [0.2, 0.25) is 0 Å². The van der Waals surface area contributed by atoms with Crippen molar-refractivity contribution in [2.45, 2.75) is 12.5 Å². The molecule has 0 aliphatic carbocycles. The maximum absolute atomic E-state index is 10.8. The highest BCUT2D eigenvalue weighted by Crippen LogP contribution is 2.34. The van der Waals surface area contributed by atoms with Gasteiger partial charge in [-0.25, -0.2) is 0 Å². The van der Waals surface area contributed by atoms with Gasteiger partial charge in [-0.1, -0.05) is 11.6 Å². The Hall–Kier alpha value is -1.72. The third-order valence-electron chi connectivity index (χ3n) is 2.90. The Bertz CT molecular complexity index is 621. The molecule has 96 valence electrons. The molecule has 2 aromatic rings. The third kappa shape index (κ3) is 2.02. The van der Waals surface area contributed by atoms with E-state index in [1.807, 2.05) is 0 Å². The fourth-order valence-electron chi connectivity index (χ4n) is 2.01. The number of halogens is 1. The summed E-state index contributed by atoms with van der Waals surface area (Å²) in [6, 6.07) is 2.24. The molecule has 0 unspecified atom stereocenters. The minimum absolute atomic E-state index is 0.000510. The number of hydrogen-bond donors (Lipinski definition) is 3. The molecule has 0 aliphatic rings. The van der Waals surface area contributed by atoms with E-state index in [0.717, 1.165) is 10.9 Å². The number of carbonyl (C=O) groups is 1. The first-order valence-corrected chi connectivity index (χ1v) is 5.73. The number of fused-ring (bicyclic) bond motifs is 1. The van der Waals surface area contributed by atoms with Crippen LogP contribution in [0, 0.1) is 0 Å². The predicted molar refractivity (Wildman–Crippen MR) is 68.9 cm³/mol.